The van der Waals surface area contributed by atoms with Crippen molar-refractivity contribution >= 4 is 11.7 Å². The molecule has 0 aromatic carbocycles. The van der Waals surface area contributed by atoms with Crippen molar-refractivity contribution in [3.63, 3.8) is 0 Å². The number of hydrogen-bond acceptors (Lipinski definition) is 5. The van der Waals surface area contributed by atoms with Crippen molar-refractivity contribution in [2.75, 3.05) is 26.3 Å². The van der Waals surface area contributed by atoms with Gasteiger partial charge < -0.3 is 9.64 Å². The molecule has 2 aromatic heterocycles. The van der Waals surface area contributed by atoms with Crippen LogP contribution in [0.2, 0.25) is 0 Å². The number of aryl methyl sites for hydroxylation is 2. The molecule has 164 valence electrons. The van der Waals surface area contributed by atoms with E-state index in [1.54, 1.807) is 18.5 Å². The molecule has 1 aliphatic heterocycles. The van der Waals surface area contributed by atoms with E-state index in [1.165, 1.54) is 11.1 Å². The average Bonchev–Trinajstić information content (AvgIpc) is 2.85. The molecule has 1 aliphatic rings. The first-order valence-corrected chi connectivity index (χ1v) is 10.8. The summed E-state index contributed by atoms with van der Waals surface area (Å²) in [6, 6.07) is 7.78. The van der Waals surface area contributed by atoms with Crippen molar-refractivity contribution in [1.29, 1.82) is 0 Å². The molecular formula is C24H35N3O3. The summed E-state index contributed by atoms with van der Waals surface area (Å²) in [6.07, 6.45) is 8.63. The van der Waals surface area contributed by atoms with Crippen molar-refractivity contribution in [2.24, 2.45) is 0 Å². The van der Waals surface area contributed by atoms with E-state index in [0.29, 0.717) is 31.7 Å². The molecule has 6 nitrogen and oxygen atoms in total. The number of hydrogen-bond donors (Lipinski definition) is 0. The van der Waals surface area contributed by atoms with E-state index in [2.05, 4.69) is 29.9 Å². The molecule has 3 rings (SSSR count). The summed E-state index contributed by atoms with van der Waals surface area (Å²) in [6.45, 7) is 10.9. The van der Waals surface area contributed by atoms with E-state index in [0.717, 1.165) is 25.9 Å². The standard InChI is InChI=1S/C10H13NO.C7H13NO2.C7H9N/c1-3-8-5-6-9(11-7-8)10(12)4-2;1-2-7(9)8-3-5-10-6-4-8;1-2-7-4-3-5-8-6-7/h5-7H,3-4H2,1-2H3;2-6H2,1H3;3-6H,2H2,1H3. The number of carbonyl (C=O) groups is 2. The average molecular weight is 414 g/mol. The molecule has 0 bridgehead atoms. The molecule has 0 atom stereocenters. The van der Waals surface area contributed by atoms with E-state index in [-0.39, 0.29) is 11.7 Å². The Balaban J connectivity index is 0.000000230. The maximum Gasteiger partial charge on any atom is 0.222 e. The number of carbonyl (C=O) groups excluding carboxylic acids is 2. The van der Waals surface area contributed by atoms with E-state index in [9.17, 15) is 9.59 Å². The van der Waals surface area contributed by atoms with Crippen molar-refractivity contribution in [3.05, 3.63) is 59.7 Å². The lowest BCUT2D eigenvalue weighted by Gasteiger charge is -2.26. The Morgan fingerprint density at radius 2 is 1.60 bits per heavy atom. The minimum absolute atomic E-state index is 0.109. The maximum atomic E-state index is 11.2. The summed E-state index contributed by atoms with van der Waals surface area (Å²) in [5.41, 5.74) is 3.05. The molecule has 0 unspecified atom stereocenters. The van der Waals surface area contributed by atoms with Crippen molar-refractivity contribution in [3.8, 4) is 0 Å². The van der Waals surface area contributed by atoms with Crippen LogP contribution in [0.1, 0.15) is 62.2 Å². The van der Waals surface area contributed by atoms with Gasteiger partial charge in [0, 0.05) is 44.5 Å². The molecule has 30 heavy (non-hydrogen) atoms. The number of Topliss-reactive ketones (excluding diaryl/α,β-unsaturated/α-hetero) is 1. The molecule has 0 aliphatic carbocycles. The molecule has 1 amide bonds. The SMILES string of the molecule is CCC(=O)N1CCOCC1.CCC(=O)c1ccc(CC)cn1.CCc1cccnc1. The van der Waals surface area contributed by atoms with Gasteiger partial charge >= 0.3 is 0 Å². The lowest BCUT2D eigenvalue weighted by molar-refractivity contribution is -0.134. The van der Waals surface area contributed by atoms with Gasteiger partial charge in [-0.2, -0.15) is 0 Å². The van der Waals surface area contributed by atoms with Crippen LogP contribution in [0.5, 0.6) is 0 Å². The summed E-state index contributed by atoms with van der Waals surface area (Å²) in [4.78, 5) is 32.1. The molecule has 2 aromatic rings. The van der Waals surface area contributed by atoms with Gasteiger partial charge in [-0.1, -0.05) is 39.8 Å². The highest BCUT2D eigenvalue weighted by Crippen LogP contribution is 2.03. The first-order valence-electron chi connectivity index (χ1n) is 10.8. The van der Waals surface area contributed by atoms with Gasteiger partial charge in [0.25, 0.3) is 0 Å². The molecule has 0 spiro atoms. The van der Waals surface area contributed by atoms with Gasteiger partial charge in [0.15, 0.2) is 5.78 Å². The van der Waals surface area contributed by atoms with Crippen molar-refractivity contribution in [2.45, 2.75) is 53.4 Å². The zero-order chi connectivity index (χ0) is 22.2. The zero-order valence-electron chi connectivity index (χ0n) is 18.8. The number of aromatic nitrogens is 2. The number of ketones is 1. The van der Waals surface area contributed by atoms with E-state index >= 15 is 0 Å². The molecule has 3 heterocycles. The van der Waals surface area contributed by atoms with Crippen LogP contribution < -0.4 is 0 Å². The third kappa shape index (κ3) is 9.74. The van der Waals surface area contributed by atoms with Gasteiger partial charge in [-0.05, 0) is 36.1 Å². The van der Waals surface area contributed by atoms with Crippen LogP contribution in [0.15, 0.2) is 42.9 Å². The van der Waals surface area contributed by atoms with Crippen LogP contribution in [-0.4, -0.2) is 52.9 Å². The first-order chi connectivity index (χ1) is 14.5. The topological polar surface area (TPSA) is 72.4 Å². The monoisotopic (exact) mass is 413 g/mol. The highest BCUT2D eigenvalue weighted by molar-refractivity contribution is 5.93. The van der Waals surface area contributed by atoms with Crippen molar-refractivity contribution in [1.82, 2.24) is 14.9 Å². The molecule has 0 radical (unpaired) electrons. The number of pyridine rings is 2. The van der Waals surface area contributed by atoms with Crippen LogP contribution in [0.25, 0.3) is 0 Å². The largest absolute Gasteiger partial charge is 0.378 e. The molecule has 1 fully saturated rings. The van der Waals surface area contributed by atoms with Gasteiger partial charge in [0.1, 0.15) is 5.69 Å². The third-order valence-electron chi connectivity index (χ3n) is 4.64. The first kappa shape index (κ1) is 25.4. The molecule has 6 heteroatoms. The Morgan fingerprint density at radius 3 is 2.03 bits per heavy atom. The fraction of sp³-hybridized carbons (Fsp3) is 0.500. The molecule has 0 saturated carbocycles. The normalized spacial score (nSPS) is 12.7. The van der Waals surface area contributed by atoms with Gasteiger partial charge in [0.2, 0.25) is 5.91 Å². The summed E-state index contributed by atoms with van der Waals surface area (Å²) < 4.78 is 5.10. The van der Waals surface area contributed by atoms with Gasteiger partial charge in [0.05, 0.1) is 13.2 Å². The number of morpholine rings is 1. The second-order valence-electron chi connectivity index (χ2n) is 6.74. The Kier molecular flexibility index (Phi) is 12.9. The minimum Gasteiger partial charge on any atom is -0.378 e. The Morgan fingerprint density at radius 1 is 0.933 bits per heavy atom. The predicted molar refractivity (Wildman–Crippen MR) is 120 cm³/mol. The van der Waals surface area contributed by atoms with Gasteiger partial charge in [-0.3, -0.25) is 19.6 Å². The number of nitrogens with zero attached hydrogens (tertiary/aromatic N) is 3. The Hall–Kier alpha value is -2.60. The van der Waals surface area contributed by atoms with E-state index < -0.39 is 0 Å². The van der Waals surface area contributed by atoms with Gasteiger partial charge in [-0.15, -0.1) is 0 Å². The maximum absolute atomic E-state index is 11.2. The highest BCUT2D eigenvalue weighted by Gasteiger charge is 2.13. The second-order valence-corrected chi connectivity index (χ2v) is 6.74. The summed E-state index contributed by atoms with van der Waals surface area (Å²) in [5, 5.41) is 0. The number of amides is 1. The van der Waals surface area contributed by atoms with Crippen LogP contribution in [-0.2, 0) is 22.4 Å². The quantitative estimate of drug-likeness (QED) is 0.689. The minimum atomic E-state index is 0.109. The fourth-order valence-electron chi connectivity index (χ4n) is 2.62. The van der Waals surface area contributed by atoms with E-state index in [4.69, 9.17) is 4.74 Å². The van der Waals surface area contributed by atoms with Crippen LogP contribution in [0, 0.1) is 0 Å². The Labute approximate surface area is 180 Å². The second kappa shape index (κ2) is 15.3. The van der Waals surface area contributed by atoms with Crippen LogP contribution >= 0.6 is 0 Å². The smallest absolute Gasteiger partial charge is 0.222 e. The molecule has 0 N–H and O–H groups in total. The Bertz CT molecular complexity index is 727. The molecule has 1 saturated heterocycles. The zero-order valence-corrected chi connectivity index (χ0v) is 18.8. The fourth-order valence-corrected chi connectivity index (χ4v) is 2.62. The molecular weight excluding hydrogens is 378 g/mol. The summed E-state index contributed by atoms with van der Waals surface area (Å²) in [5.74, 6) is 0.348. The van der Waals surface area contributed by atoms with E-state index in [1.807, 2.05) is 37.1 Å². The van der Waals surface area contributed by atoms with Crippen molar-refractivity contribution < 1.29 is 14.3 Å². The van der Waals surface area contributed by atoms with Crippen LogP contribution in [0.3, 0.4) is 0 Å². The highest BCUT2D eigenvalue weighted by atomic mass is 16.5. The van der Waals surface area contributed by atoms with Crippen LogP contribution in [0.4, 0.5) is 0 Å². The summed E-state index contributed by atoms with van der Waals surface area (Å²) in [7, 11) is 0. The number of ether oxygens (including phenoxy) is 1. The number of rotatable bonds is 5. The lowest BCUT2D eigenvalue weighted by atomic mass is 10.1. The lowest BCUT2D eigenvalue weighted by Crippen LogP contribution is -2.40. The van der Waals surface area contributed by atoms with Gasteiger partial charge in [-0.25, -0.2) is 0 Å². The predicted octanol–water partition coefficient (Wildman–Crippen LogP) is 4.14. The third-order valence-corrected chi connectivity index (χ3v) is 4.64. The summed E-state index contributed by atoms with van der Waals surface area (Å²) >= 11 is 0.